The van der Waals surface area contributed by atoms with Crippen molar-refractivity contribution in [3.8, 4) is 22.6 Å². The molecule has 0 fully saturated rings. The third kappa shape index (κ3) is 4.06. The molecule has 0 aliphatic carbocycles. The van der Waals surface area contributed by atoms with E-state index in [9.17, 15) is 0 Å². The molecule has 130 valence electrons. The molecule has 0 radical (unpaired) electrons. The summed E-state index contributed by atoms with van der Waals surface area (Å²) < 4.78 is 14.5. The fourth-order valence-corrected chi connectivity index (χ4v) is 13.4. The predicted molar refractivity (Wildman–Crippen MR) is 111 cm³/mol. The van der Waals surface area contributed by atoms with Crippen LogP contribution in [0.1, 0.15) is 0 Å². The van der Waals surface area contributed by atoms with Crippen molar-refractivity contribution in [1.29, 1.82) is 0 Å². The van der Waals surface area contributed by atoms with E-state index >= 15 is 0 Å². The molecule has 0 atom stereocenters. The van der Waals surface area contributed by atoms with Gasteiger partial charge in [0.2, 0.25) is 0 Å². The van der Waals surface area contributed by atoms with Crippen LogP contribution in [0, 0.1) is 0 Å². The zero-order valence-electron chi connectivity index (χ0n) is 16.3. The quantitative estimate of drug-likeness (QED) is 0.523. The maximum atomic E-state index is 5.79. The van der Waals surface area contributed by atoms with Crippen molar-refractivity contribution in [3.05, 3.63) is 36.4 Å². The summed E-state index contributed by atoms with van der Waals surface area (Å²) in [5, 5.41) is 0. The average Bonchev–Trinajstić information content (AvgIpc) is 2.51. The van der Waals surface area contributed by atoms with Crippen LogP contribution in [-0.2, 0) is 0 Å². The van der Waals surface area contributed by atoms with Crippen molar-refractivity contribution in [2.45, 2.75) is 29.6 Å². The molecule has 2 aromatic carbocycles. The third-order valence-electron chi connectivity index (χ3n) is 4.32. The number of benzene rings is 2. The summed E-state index contributed by atoms with van der Waals surface area (Å²) in [6.07, 6.45) is 0. The van der Waals surface area contributed by atoms with Crippen molar-refractivity contribution in [3.63, 3.8) is 0 Å². The van der Waals surface area contributed by atoms with E-state index < -0.39 is 36.8 Å². The molecule has 0 bridgehead atoms. The SMILES string of the molecule is COc1ccc[c]([Sn]([CH3])([CH3])[CH3])c1-c1cccc(OC)[c]1[Sn]([CH3])([CH3])[CH3]. The molecule has 0 aromatic heterocycles. The van der Waals surface area contributed by atoms with Crippen LogP contribution in [-0.4, -0.2) is 51.0 Å². The Labute approximate surface area is 155 Å². The van der Waals surface area contributed by atoms with Gasteiger partial charge in [0.1, 0.15) is 0 Å². The first-order valence-corrected chi connectivity index (χ1v) is 28.4. The van der Waals surface area contributed by atoms with Crippen LogP contribution in [0.5, 0.6) is 11.5 Å². The van der Waals surface area contributed by atoms with Crippen LogP contribution < -0.4 is 16.6 Å². The molecule has 0 saturated carbocycles. The molecule has 0 aliphatic heterocycles. The van der Waals surface area contributed by atoms with Gasteiger partial charge in [0.15, 0.2) is 0 Å². The van der Waals surface area contributed by atoms with Crippen molar-refractivity contribution in [2.75, 3.05) is 14.2 Å². The van der Waals surface area contributed by atoms with Gasteiger partial charge in [-0.3, -0.25) is 0 Å². The zero-order chi connectivity index (χ0) is 18.1. The molecule has 0 amide bonds. The summed E-state index contributed by atoms with van der Waals surface area (Å²) in [7, 11) is 3.56. The first kappa shape index (κ1) is 20.0. The third-order valence-corrected chi connectivity index (χ3v) is 15.9. The minimum absolute atomic E-state index is 0.990. The second-order valence-corrected chi connectivity index (χ2v) is 36.9. The maximum absolute atomic E-state index is 5.79. The second-order valence-electron chi connectivity index (χ2n) is 8.27. The van der Waals surface area contributed by atoms with Crippen molar-refractivity contribution < 1.29 is 9.47 Å². The van der Waals surface area contributed by atoms with Gasteiger partial charge in [-0.05, 0) is 0 Å². The number of methoxy groups -OCH3 is 2. The van der Waals surface area contributed by atoms with Gasteiger partial charge in [-0.25, -0.2) is 0 Å². The van der Waals surface area contributed by atoms with Crippen LogP contribution in [0.25, 0.3) is 11.1 Å². The van der Waals surface area contributed by atoms with Gasteiger partial charge in [-0.15, -0.1) is 0 Å². The Kier molecular flexibility index (Phi) is 6.22. The minimum atomic E-state index is -2.41. The fraction of sp³-hybridized carbons (Fsp3) is 0.400. The Morgan fingerprint density at radius 3 is 1.71 bits per heavy atom. The van der Waals surface area contributed by atoms with Crippen molar-refractivity contribution in [2.24, 2.45) is 0 Å². The Morgan fingerprint density at radius 1 is 0.667 bits per heavy atom. The summed E-state index contributed by atoms with van der Waals surface area (Å²) in [5.74, 6) is 2.03. The molecule has 24 heavy (non-hydrogen) atoms. The summed E-state index contributed by atoms with van der Waals surface area (Å²) in [5.41, 5.74) is 2.64. The van der Waals surface area contributed by atoms with Gasteiger partial charge in [0.25, 0.3) is 0 Å². The monoisotopic (exact) mass is 542 g/mol. The standard InChI is InChI=1S/C14H12O2.6CH3.2Sn/c1-15-12-7-5-6-11(10-12)13-8-3-4-9-14(13)16-2;;;;;;;;/h3-7,9H,1-2H3;6*1H3;;. The summed E-state index contributed by atoms with van der Waals surface area (Å²) >= 11 is -4.72. The fourth-order valence-electron chi connectivity index (χ4n) is 3.29. The van der Waals surface area contributed by atoms with Crippen LogP contribution >= 0.6 is 0 Å². The first-order valence-electron chi connectivity index (χ1n) is 8.46. The molecule has 4 heteroatoms. The Morgan fingerprint density at radius 2 is 1.21 bits per heavy atom. The van der Waals surface area contributed by atoms with Gasteiger partial charge in [0, 0.05) is 0 Å². The van der Waals surface area contributed by atoms with Gasteiger partial charge < -0.3 is 0 Å². The Hall–Kier alpha value is -0.363. The molecular formula is C20H30O2Sn2. The topological polar surface area (TPSA) is 18.5 Å². The zero-order valence-corrected chi connectivity index (χ0v) is 22.0. The molecule has 0 heterocycles. The molecule has 2 rings (SSSR count). The predicted octanol–water partition coefficient (Wildman–Crippen LogP) is 4.46. The second kappa shape index (κ2) is 7.48. The van der Waals surface area contributed by atoms with Gasteiger partial charge in [0.05, 0.1) is 0 Å². The normalized spacial score (nSPS) is 12.2. The van der Waals surface area contributed by atoms with E-state index in [0.717, 1.165) is 11.5 Å². The summed E-state index contributed by atoms with van der Waals surface area (Å²) in [6.45, 7) is 0. The van der Waals surface area contributed by atoms with E-state index in [2.05, 4.69) is 66.0 Å². The average molecular weight is 540 g/mol. The van der Waals surface area contributed by atoms with Crippen molar-refractivity contribution >= 4 is 43.9 Å². The van der Waals surface area contributed by atoms with E-state index in [1.807, 2.05) is 0 Å². The van der Waals surface area contributed by atoms with Crippen LogP contribution in [0.2, 0.25) is 29.6 Å². The van der Waals surface area contributed by atoms with Crippen molar-refractivity contribution in [1.82, 2.24) is 0 Å². The van der Waals surface area contributed by atoms with Gasteiger partial charge in [-0.1, -0.05) is 0 Å². The molecule has 0 N–H and O–H groups in total. The molecule has 2 aromatic rings. The molecule has 2 nitrogen and oxygen atoms in total. The van der Waals surface area contributed by atoms with Crippen LogP contribution in [0.3, 0.4) is 0 Å². The van der Waals surface area contributed by atoms with E-state index in [4.69, 9.17) is 9.47 Å². The molecular weight excluding hydrogens is 510 g/mol. The van der Waals surface area contributed by atoms with Gasteiger partial charge >= 0.3 is 156 Å². The number of hydrogen-bond acceptors (Lipinski definition) is 2. The van der Waals surface area contributed by atoms with Crippen LogP contribution in [0.4, 0.5) is 0 Å². The summed E-state index contributed by atoms with van der Waals surface area (Å²) in [6, 6.07) is 13.0. The molecule has 0 saturated heterocycles. The molecule has 0 aliphatic rings. The van der Waals surface area contributed by atoms with E-state index in [0.29, 0.717) is 0 Å². The summed E-state index contributed by atoms with van der Waals surface area (Å²) in [4.78, 5) is 14.7. The number of rotatable bonds is 5. The van der Waals surface area contributed by atoms with Crippen LogP contribution in [0.15, 0.2) is 36.4 Å². The number of hydrogen-bond donors (Lipinski definition) is 0. The number of ether oxygens (including phenoxy) is 2. The Balaban J connectivity index is 2.92. The Bertz CT molecular complexity index is 725. The van der Waals surface area contributed by atoms with E-state index in [1.165, 1.54) is 18.3 Å². The van der Waals surface area contributed by atoms with E-state index in [-0.39, 0.29) is 0 Å². The first-order chi connectivity index (χ1) is 11.1. The molecule has 0 unspecified atom stereocenters. The van der Waals surface area contributed by atoms with E-state index in [1.54, 1.807) is 14.2 Å². The van der Waals surface area contributed by atoms with Gasteiger partial charge in [-0.2, -0.15) is 0 Å². The molecule has 0 spiro atoms.